The number of hydrogen-bond acceptors (Lipinski definition) is 1. The summed E-state index contributed by atoms with van der Waals surface area (Å²) in [5.41, 5.74) is 3.42. The van der Waals surface area contributed by atoms with E-state index in [9.17, 15) is 0 Å². The molecule has 0 aliphatic carbocycles. The molecule has 86 valence electrons. The second-order valence-electron chi connectivity index (χ2n) is 4.49. The Balaban J connectivity index is 2.28. The van der Waals surface area contributed by atoms with Crippen molar-refractivity contribution >= 4 is 21.9 Å². The van der Waals surface area contributed by atoms with Crippen molar-refractivity contribution < 1.29 is 4.42 Å². The minimum Gasteiger partial charge on any atom is -0.456 e. The van der Waals surface area contributed by atoms with E-state index in [1.165, 1.54) is 29.2 Å². The number of hydrogen-bond donors (Lipinski definition) is 0. The number of para-hydroxylation sites is 1. The lowest BCUT2D eigenvalue weighted by molar-refractivity contribution is 0.668. The van der Waals surface area contributed by atoms with E-state index in [1.54, 1.807) is 0 Å². The Morgan fingerprint density at radius 1 is 0.941 bits per heavy atom. The number of rotatable bonds is 3. The van der Waals surface area contributed by atoms with Crippen molar-refractivity contribution in [1.82, 2.24) is 0 Å². The molecule has 3 rings (SSSR count). The molecule has 0 atom stereocenters. The first kappa shape index (κ1) is 10.4. The van der Waals surface area contributed by atoms with Crippen molar-refractivity contribution in [3.63, 3.8) is 0 Å². The van der Waals surface area contributed by atoms with E-state index < -0.39 is 0 Å². The van der Waals surface area contributed by atoms with Crippen LogP contribution in [0.15, 0.2) is 46.9 Å². The van der Waals surface area contributed by atoms with Crippen molar-refractivity contribution in [3.8, 4) is 0 Å². The molecule has 17 heavy (non-hydrogen) atoms. The first-order valence-electron chi connectivity index (χ1n) is 6.29. The van der Waals surface area contributed by atoms with Gasteiger partial charge in [-0.05, 0) is 30.5 Å². The van der Waals surface area contributed by atoms with Gasteiger partial charge in [0.05, 0.1) is 0 Å². The maximum Gasteiger partial charge on any atom is 0.135 e. The first-order chi connectivity index (χ1) is 8.40. The number of fused-ring (bicyclic) bond motifs is 3. The van der Waals surface area contributed by atoms with E-state index in [0.29, 0.717) is 0 Å². The van der Waals surface area contributed by atoms with Gasteiger partial charge in [-0.15, -0.1) is 0 Å². The van der Waals surface area contributed by atoms with E-state index in [0.717, 1.165) is 17.6 Å². The summed E-state index contributed by atoms with van der Waals surface area (Å²) in [6.45, 7) is 2.23. The highest BCUT2D eigenvalue weighted by Gasteiger charge is 2.09. The van der Waals surface area contributed by atoms with Crippen molar-refractivity contribution in [2.75, 3.05) is 0 Å². The van der Waals surface area contributed by atoms with Crippen LogP contribution >= 0.6 is 0 Å². The maximum absolute atomic E-state index is 5.87. The van der Waals surface area contributed by atoms with Crippen LogP contribution in [-0.2, 0) is 6.42 Å². The fourth-order valence-corrected chi connectivity index (χ4v) is 2.42. The Labute approximate surface area is 101 Å². The third-order valence-electron chi connectivity index (χ3n) is 3.29. The third kappa shape index (κ3) is 1.72. The van der Waals surface area contributed by atoms with Crippen LogP contribution in [0, 0.1) is 0 Å². The van der Waals surface area contributed by atoms with Gasteiger partial charge >= 0.3 is 0 Å². The van der Waals surface area contributed by atoms with Gasteiger partial charge < -0.3 is 4.42 Å². The minimum absolute atomic E-state index is 0.992. The summed E-state index contributed by atoms with van der Waals surface area (Å²) in [6, 6.07) is 14.7. The van der Waals surface area contributed by atoms with Crippen LogP contribution in [0.2, 0.25) is 0 Å². The fraction of sp³-hybridized carbons (Fsp3) is 0.250. The summed E-state index contributed by atoms with van der Waals surface area (Å²) >= 11 is 0. The highest BCUT2D eigenvalue weighted by atomic mass is 16.3. The van der Waals surface area contributed by atoms with Gasteiger partial charge in [-0.1, -0.05) is 43.7 Å². The van der Waals surface area contributed by atoms with Crippen molar-refractivity contribution in [3.05, 3.63) is 48.0 Å². The average molecular weight is 224 g/mol. The first-order valence-corrected chi connectivity index (χ1v) is 6.29. The number of benzene rings is 2. The second kappa shape index (κ2) is 4.25. The summed E-state index contributed by atoms with van der Waals surface area (Å²) in [5.74, 6) is 0. The van der Waals surface area contributed by atoms with Crippen LogP contribution in [0.5, 0.6) is 0 Å². The van der Waals surface area contributed by atoms with Gasteiger partial charge in [-0.25, -0.2) is 0 Å². The van der Waals surface area contributed by atoms with Crippen LogP contribution in [-0.4, -0.2) is 0 Å². The zero-order valence-electron chi connectivity index (χ0n) is 10.1. The SMILES string of the molecule is CCCCc1cccc2oc3ccccc3c12. The molecule has 0 unspecified atom stereocenters. The molecule has 0 fully saturated rings. The fourth-order valence-electron chi connectivity index (χ4n) is 2.42. The molecule has 1 aromatic heterocycles. The van der Waals surface area contributed by atoms with Gasteiger partial charge in [0.15, 0.2) is 0 Å². The molecule has 1 nitrogen and oxygen atoms in total. The highest BCUT2D eigenvalue weighted by Crippen LogP contribution is 2.31. The van der Waals surface area contributed by atoms with Gasteiger partial charge in [0.2, 0.25) is 0 Å². The van der Waals surface area contributed by atoms with Gasteiger partial charge in [-0.3, -0.25) is 0 Å². The van der Waals surface area contributed by atoms with Gasteiger partial charge in [0, 0.05) is 10.8 Å². The lowest BCUT2D eigenvalue weighted by Crippen LogP contribution is -1.85. The molecule has 0 aliphatic rings. The molecule has 0 saturated heterocycles. The monoisotopic (exact) mass is 224 g/mol. The Bertz CT molecular complexity index is 649. The topological polar surface area (TPSA) is 13.1 Å². The smallest absolute Gasteiger partial charge is 0.135 e. The molecule has 0 radical (unpaired) electrons. The van der Waals surface area contributed by atoms with Gasteiger partial charge in [0.1, 0.15) is 11.2 Å². The van der Waals surface area contributed by atoms with Crippen molar-refractivity contribution in [2.45, 2.75) is 26.2 Å². The van der Waals surface area contributed by atoms with E-state index in [-0.39, 0.29) is 0 Å². The summed E-state index contributed by atoms with van der Waals surface area (Å²) in [6.07, 6.45) is 3.60. The molecule has 0 spiro atoms. The number of aryl methyl sites for hydroxylation is 1. The molecule has 0 N–H and O–H groups in total. The van der Waals surface area contributed by atoms with Crippen LogP contribution in [0.3, 0.4) is 0 Å². The lowest BCUT2D eigenvalue weighted by Gasteiger charge is -2.01. The summed E-state index contributed by atoms with van der Waals surface area (Å²) < 4.78 is 5.87. The minimum atomic E-state index is 0.992. The molecular weight excluding hydrogens is 208 g/mol. The lowest BCUT2D eigenvalue weighted by atomic mass is 10.0. The third-order valence-corrected chi connectivity index (χ3v) is 3.29. The predicted octanol–water partition coefficient (Wildman–Crippen LogP) is 4.93. The number of furan rings is 1. The molecule has 0 saturated carbocycles. The van der Waals surface area contributed by atoms with Crippen LogP contribution < -0.4 is 0 Å². The van der Waals surface area contributed by atoms with E-state index in [1.807, 2.05) is 12.1 Å². The largest absolute Gasteiger partial charge is 0.456 e. The summed E-state index contributed by atoms with van der Waals surface area (Å²) in [4.78, 5) is 0. The maximum atomic E-state index is 5.87. The molecule has 2 aromatic carbocycles. The molecule has 1 heteroatoms. The second-order valence-corrected chi connectivity index (χ2v) is 4.49. The Kier molecular flexibility index (Phi) is 2.60. The van der Waals surface area contributed by atoms with Crippen LogP contribution in [0.25, 0.3) is 21.9 Å². The average Bonchev–Trinajstić information content (AvgIpc) is 2.75. The predicted molar refractivity (Wildman–Crippen MR) is 72.3 cm³/mol. The molecular formula is C16H16O. The van der Waals surface area contributed by atoms with Crippen molar-refractivity contribution in [1.29, 1.82) is 0 Å². The normalized spacial score (nSPS) is 11.4. The molecule has 1 heterocycles. The molecule has 3 aromatic rings. The quantitative estimate of drug-likeness (QED) is 0.615. The summed E-state index contributed by atoms with van der Waals surface area (Å²) in [5, 5.41) is 2.55. The van der Waals surface area contributed by atoms with Gasteiger partial charge in [0.25, 0.3) is 0 Å². The van der Waals surface area contributed by atoms with E-state index in [2.05, 4.69) is 37.3 Å². The highest BCUT2D eigenvalue weighted by molar-refractivity contribution is 6.06. The zero-order chi connectivity index (χ0) is 11.7. The molecule has 0 aliphatic heterocycles. The van der Waals surface area contributed by atoms with Crippen LogP contribution in [0.4, 0.5) is 0 Å². The summed E-state index contributed by atoms with van der Waals surface area (Å²) in [7, 11) is 0. The van der Waals surface area contributed by atoms with E-state index >= 15 is 0 Å². The van der Waals surface area contributed by atoms with Crippen molar-refractivity contribution in [2.24, 2.45) is 0 Å². The molecule has 0 amide bonds. The van der Waals surface area contributed by atoms with Gasteiger partial charge in [-0.2, -0.15) is 0 Å². The standard InChI is InChI=1S/C16H16O/c1-2-3-7-12-8-6-11-15-16(12)13-9-4-5-10-14(13)17-15/h4-6,8-11H,2-3,7H2,1H3. The number of unbranched alkanes of at least 4 members (excludes halogenated alkanes) is 1. The van der Waals surface area contributed by atoms with Crippen LogP contribution in [0.1, 0.15) is 25.3 Å². The molecule has 0 bridgehead atoms. The Hall–Kier alpha value is -1.76. The zero-order valence-corrected chi connectivity index (χ0v) is 10.1. The Morgan fingerprint density at radius 2 is 1.76 bits per heavy atom. The van der Waals surface area contributed by atoms with E-state index in [4.69, 9.17) is 4.42 Å². The Morgan fingerprint density at radius 3 is 2.65 bits per heavy atom.